The number of hydrogen-bond donors (Lipinski definition) is 1. The molecule has 0 saturated carbocycles. The number of nitrogens with zero attached hydrogens (tertiary/aromatic N) is 4. The lowest BCUT2D eigenvalue weighted by atomic mass is 9.98. The van der Waals surface area contributed by atoms with Crippen LogP contribution in [0.2, 0.25) is 0 Å². The maximum atomic E-state index is 12.4. The topological polar surface area (TPSA) is 80.1 Å². The van der Waals surface area contributed by atoms with Gasteiger partial charge in [-0.05, 0) is 38.5 Å². The third-order valence-corrected chi connectivity index (χ3v) is 4.44. The molecule has 0 spiro atoms. The average Bonchev–Trinajstić information content (AvgIpc) is 3.03. The van der Waals surface area contributed by atoms with Crippen LogP contribution in [0.15, 0.2) is 30.6 Å². The van der Waals surface area contributed by atoms with Crippen molar-refractivity contribution in [3.8, 4) is 0 Å². The number of carbonyl (C=O) groups excluding carboxylic acids is 2. The monoisotopic (exact) mass is 341 g/mol. The molecule has 2 aromatic heterocycles. The van der Waals surface area contributed by atoms with E-state index in [1.165, 1.54) is 0 Å². The van der Waals surface area contributed by atoms with Gasteiger partial charge in [-0.3, -0.25) is 19.3 Å². The first-order chi connectivity index (χ1) is 12.0. The van der Waals surface area contributed by atoms with Crippen molar-refractivity contribution in [3.05, 3.63) is 47.5 Å². The summed E-state index contributed by atoms with van der Waals surface area (Å²) in [5.41, 5.74) is 2.34. The summed E-state index contributed by atoms with van der Waals surface area (Å²) in [7, 11) is 0. The minimum absolute atomic E-state index is 0.0400. The highest BCUT2D eigenvalue weighted by atomic mass is 16.2. The predicted octanol–water partition coefficient (Wildman–Crippen LogP) is 1.56. The van der Waals surface area contributed by atoms with E-state index in [1.807, 2.05) is 32.9 Å². The van der Waals surface area contributed by atoms with Crippen molar-refractivity contribution < 1.29 is 9.59 Å². The third-order valence-electron chi connectivity index (χ3n) is 4.44. The normalized spacial score (nSPS) is 14.5. The number of hydrogen-bond acceptors (Lipinski definition) is 4. The number of aromatic nitrogens is 3. The highest BCUT2D eigenvalue weighted by Gasteiger charge is 2.36. The van der Waals surface area contributed by atoms with E-state index >= 15 is 0 Å². The van der Waals surface area contributed by atoms with Gasteiger partial charge in [0.2, 0.25) is 5.91 Å². The van der Waals surface area contributed by atoms with Gasteiger partial charge in [-0.1, -0.05) is 6.07 Å². The van der Waals surface area contributed by atoms with Crippen LogP contribution in [-0.2, 0) is 11.3 Å². The molecule has 3 heterocycles. The first-order valence-electron chi connectivity index (χ1n) is 8.48. The predicted molar refractivity (Wildman–Crippen MR) is 92.8 cm³/mol. The molecule has 0 aromatic carbocycles. The lowest BCUT2D eigenvalue weighted by Crippen LogP contribution is -2.55. The standard InChI is InChI=1S/C18H23N5O2/c1-12(2)23-8-6-15(21-23)18(25)22-10-14(11-22)17(24)20-9-16-13(3)5-4-7-19-16/h4-8,12,14H,9-11H2,1-3H3,(H,20,24). The van der Waals surface area contributed by atoms with Gasteiger partial charge in [-0.15, -0.1) is 0 Å². The van der Waals surface area contributed by atoms with Crippen molar-refractivity contribution in [2.45, 2.75) is 33.4 Å². The zero-order valence-electron chi connectivity index (χ0n) is 14.8. The molecule has 1 N–H and O–H groups in total. The number of rotatable bonds is 5. The number of pyridine rings is 1. The van der Waals surface area contributed by atoms with Crippen molar-refractivity contribution in [2.75, 3.05) is 13.1 Å². The molecule has 3 rings (SSSR count). The van der Waals surface area contributed by atoms with E-state index < -0.39 is 0 Å². The summed E-state index contributed by atoms with van der Waals surface area (Å²) in [6.07, 6.45) is 3.52. The second-order valence-electron chi connectivity index (χ2n) is 6.67. The number of nitrogens with one attached hydrogen (secondary N) is 1. The van der Waals surface area contributed by atoms with Crippen molar-refractivity contribution >= 4 is 11.8 Å². The van der Waals surface area contributed by atoms with Crippen LogP contribution in [-0.4, -0.2) is 44.6 Å². The highest BCUT2D eigenvalue weighted by molar-refractivity contribution is 5.94. The van der Waals surface area contributed by atoms with E-state index in [0.717, 1.165) is 11.3 Å². The molecule has 132 valence electrons. The molecule has 0 aliphatic carbocycles. The summed E-state index contributed by atoms with van der Waals surface area (Å²) in [5.74, 6) is -0.328. The van der Waals surface area contributed by atoms with Crippen LogP contribution in [0.5, 0.6) is 0 Å². The van der Waals surface area contributed by atoms with Crippen LogP contribution in [0, 0.1) is 12.8 Å². The quantitative estimate of drug-likeness (QED) is 0.895. The van der Waals surface area contributed by atoms with Crippen LogP contribution in [0.3, 0.4) is 0 Å². The Labute approximate surface area is 147 Å². The van der Waals surface area contributed by atoms with Crippen molar-refractivity contribution in [1.82, 2.24) is 25.0 Å². The minimum atomic E-state index is -0.167. The summed E-state index contributed by atoms with van der Waals surface area (Å²) in [5, 5.41) is 7.19. The molecule has 1 fully saturated rings. The SMILES string of the molecule is Cc1cccnc1CNC(=O)C1CN(C(=O)c2ccn(C(C)C)n2)C1. The average molecular weight is 341 g/mol. The fourth-order valence-corrected chi connectivity index (χ4v) is 2.73. The minimum Gasteiger partial charge on any atom is -0.350 e. The van der Waals surface area contributed by atoms with Gasteiger partial charge in [0, 0.05) is 31.5 Å². The lowest BCUT2D eigenvalue weighted by molar-refractivity contribution is -0.129. The fourth-order valence-electron chi connectivity index (χ4n) is 2.73. The van der Waals surface area contributed by atoms with Crippen LogP contribution in [0.25, 0.3) is 0 Å². The van der Waals surface area contributed by atoms with Crippen LogP contribution < -0.4 is 5.32 Å². The molecule has 0 atom stereocenters. The second kappa shape index (κ2) is 7.04. The Hall–Kier alpha value is -2.70. The Morgan fingerprint density at radius 1 is 1.32 bits per heavy atom. The molecule has 1 aliphatic rings. The van der Waals surface area contributed by atoms with Crippen molar-refractivity contribution in [2.24, 2.45) is 5.92 Å². The van der Waals surface area contributed by atoms with Gasteiger partial charge in [0.1, 0.15) is 5.69 Å². The van der Waals surface area contributed by atoms with Crippen molar-refractivity contribution in [1.29, 1.82) is 0 Å². The Morgan fingerprint density at radius 3 is 2.72 bits per heavy atom. The van der Waals surface area contributed by atoms with Crippen LogP contribution >= 0.6 is 0 Å². The lowest BCUT2D eigenvalue weighted by Gasteiger charge is -2.37. The second-order valence-corrected chi connectivity index (χ2v) is 6.67. The van der Waals surface area contributed by atoms with Gasteiger partial charge in [0.25, 0.3) is 5.91 Å². The largest absolute Gasteiger partial charge is 0.350 e. The highest BCUT2D eigenvalue weighted by Crippen LogP contribution is 2.19. The Kier molecular flexibility index (Phi) is 4.83. The molecule has 7 nitrogen and oxygen atoms in total. The van der Waals surface area contributed by atoms with E-state index in [-0.39, 0.29) is 23.8 Å². The van der Waals surface area contributed by atoms with Gasteiger partial charge in [-0.2, -0.15) is 5.10 Å². The summed E-state index contributed by atoms with van der Waals surface area (Å²) in [6.45, 7) is 7.26. The number of aryl methyl sites for hydroxylation is 1. The van der Waals surface area contributed by atoms with Crippen molar-refractivity contribution in [3.63, 3.8) is 0 Å². The molecule has 2 amide bonds. The molecule has 2 aromatic rings. The molecule has 1 saturated heterocycles. The molecule has 7 heteroatoms. The van der Waals surface area contributed by atoms with E-state index in [9.17, 15) is 9.59 Å². The number of amides is 2. The Morgan fingerprint density at radius 2 is 2.08 bits per heavy atom. The number of likely N-dealkylation sites (tertiary alicyclic amines) is 1. The summed E-state index contributed by atoms with van der Waals surface area (Å²) >= 11 is 0. The number of carbonyl (C=O) groups is 2. The zero-order chi connectivity index (χ0) is 18.0. The smallest absolute Gasteiger partial charge is 0.274 e. The van der Waals surface area contributed by atoms with Gasteiger partial charge in [0.15, 0.2) is 0 Å². The molecule has 0 unspecified atom stereocenters. The van der Waals surface area contributed by atoms with Gasteiger partial charge >= 0.3 is 0 Å². The Balaban J connectivity index is 1.49. The van der Waals surface area contributed by atoms with E-state index in [0.29, 0.717) is 25.3 Å². The molecule has 0 bridgehead atoms. The van der Waals surface area contributed by atoms with Crippen LogP contribution in [0.4, 0.5) is 0 Å². The molecule has 0 radical (unpaired) electrons. The zero-order valence-corrected chi connectivity index (χ0v) is 14.8. The molecule has 1 aliphatic heterocycles. The summed E-state index contributed by atoms with van der Waals surface area (Å²) < 4.78 is 1.76. The van der Waals surface area contributed by atoms with Gasteiger partial charge < -0.3 is 10.2 Å². The summed E-state index contributed by atoms with van der Waals surface area (Å²) in [6, 6.07) is 5.77. The Bertz CT molecular complexity index is 777. The summed E-state index contributed by atoms with van der Waals surface area (Å²) in [4.78, 5) is 30.5. The first-order valence-corrected chi connectivity index (χ1v) is 8.48. The molecular weight excluding hydrogens is 318 g/mol. The molecule has 25 heavy (non-hydrogen) atoms. The van der Waals surface area contributed by atoms with Gasteiger partial charge in [-0.25, -0.2) is 0 Å². The van der Waals surface area contributed by atoms with Gasteiger partial charge in [0.05, 0.1) is 18.2 Å². The first kappa shape index (κ1) is 17.1. The fraction of sp³-hybridized carbons (Fsp3) is 0.444. The van der Waals surface area contributed by atoms with E-state index in [1.54, 1.807) is 28.0 Å². The maximum Gasteiger partial charge on any atom is 0.274 e. The van der Waals surface area contributed by atoms with E-state index in [4.69, 9.17) is 0 Å². The third kappa shape index (κ3) is 3.70. The molecular formula is C18H23N5O2. The maximum absolute atomic E-state index is 12.4. The van der Waals surface area contributed by atoms with E-state index in [2.05, 4.69) is 15.4 Å². The van der Waals surface area contributed by atoms with Crippen LogP contribution in [0.1, 0.15) is 41.6 Å².